The van der Waals surface area contributed by atoms with Crippen molar-refractivity contribution >= 4 is 6.09 Å². The molecule has 1 amide bonds. The molecule has 2 heterocycles. The number of piperazine rings is 1. The molecule has 0 radical (unpaired) electrons. The van der Waals surface area contributed by atoms with E-state index >= 15 is 0 Å². The molecule has 6 heteroatoms. The number of ether oxygens (including phenoxy) is 1. The van der Waals surface area contributed by atoms with E-state index in [-0.39, 0.29) is 12.1 Å². The summed E-state index contributed by atoms with van der Waals surface area (Å²) in [6.45, 7) is 9.63. The highest BCUT2D eigenvalue weighted by atomic mass is 16.6. The molecule has 1 aromatic rings. The summed E-state index contributed by atoms with van der Waals surface area (Å²) in [5, 5.41) is 3.30. The van der Waals surface area contributed by atoms with Crippen molar-refractivity contribution in [3.63, 3.8) is 0 Å². The second kappa shape index (κ2) is 5.75. The molecule has 1 saturated heterocycles. The Kier molecular flexibility index (Phi) is 4.23. The Bertz CT molecular complexity index is 484. The molecule has 1 fully saturated rings. The largest absolute Gasteiger partial charge is 0.444 e. The predicted molar refractivity (Wildman–Crippen MR) is 75.3 cm³/mol. The number of hydrogen-bond acceptors (Lipinski definition) is 5. The molecule has 0 aromatic carbocycles. The Morgan fingerprint density at radius 3 is 2.90 bits per heavy atom. The van der Waals surface area contributed by atoms with Gasteiger partial charge in [0.2, 0.25) is 0 Å². The number of aryl methyl sites for hydroxylation is 1. The van der Waals surface area contributed by atoms with Gasteiger partial charge in [-0.1, -0.05) is 0 Å². The average molecular weight is 278 g/mol. The van der Waals surface area contributed by atoms with Crippen molar-refractivity contribution < 1.29 is 9.53 Å². The summed E-state index contributed by atoms with van der Waals surface area (Å²) in [5.41, 5.74) is 1.36. The summed E-state index contributed by atoms with van der Waals surface area (Å²) in [7, 11) is 0. The molecule has 6 nitrogen and oxygen atoms in total. The Hall–Kier alpha value is -1.69. The Morgan fingerprint density at radius 1 is 1.50 bits per heavy atom. The molecule has 1 aliphatic heterocycles. The maximum absolute atomic E-state index is 12.3. The van der Waals surface area contributed by atoms with Crippen molar-refractivity contribution in [2.45, 2.75) is 39.3 Å². The van der Waals surface area contributed by atoms with E-state index in [1.165, 1.54) is 6.33 Å². The van der Waals surface area contributed by atoms with Crippen molar-refractivity contribution in [1.29, 1.82) is 0 Å². The monoisotopic (exact) mass is 278 g/mol. The first-order chi connectivity index (χ1) is 9.38. The molecule has 2 rings (SSSR count). The minimum absolute atomic E-state index is 0.110. The van der Waals surface area contributed by atoms with Gasteiger partial charge in [-0.2, -0.15) is 0 Å². The second-order valence-electron chi connectivity index (χ2n) is 5.98. The van der Waals surface area contributed by atoms with E-state index in [1.54, 1.807) is 11.1 Å². The fraction of sp³-hybridized carbons (Fsp3) is 0.643. The van der Waals surface area contributed by atoms with Crippen molar-refractivity contribution in [2.75, 3.05) is 19.6 Å². The van der Waals surface area contributed by atoms with Crippen LogP contribution in [-0.2, 0) is 4.74 Å². The number of nitrogens with one attached hydrogen (secondary N) is 1. The third kappa shape index (κ3) is 3.45. The van der Waals surface area contributed by atoms with Crippen LogP contribution in [-0.4, -0.2) is 46.2 Å². The molecule has 20 heavy (non-hydrogen) atoms. The van der Waals surface area contributed by atoms with Gasteiger partial charge in [-0.15, -0.1) is 0 Å². The van der Waals surface area contributed by atoms with Gasteiger partial charge < -0.3 is 10.1 Å². The van der Waals surface area contributed by atoms with Gasteiger partial charge in [0.25, 0.3) is 0 Å². The molecule has 0 saturated carbocycles. The van der Waals surface area contributed by atoms with Gasteiger partial charge in [-0.05, 0) is 33.3 Å². The zero-order valence-corrected chi connectivity index (χ0v) is 12.5. The zero-order chi connectivity index (χ0) is 14.8. The summed E-state index contributed by atoms with van der Waals surface area (Å²) in [6.07, 6.45) is 3.00. The third-order valence-electron chi connectivity index (χ3n) is 3.12. The maximum atomic E-state index is 12.3. The van der Waals surface area contributed by atoms with Crippen LogP contribution in [0.15, 0.2) is 12.5 Å². The summed E-state index contributed by atoms with van der Waals surface area (Å²) < 4.78 is 5.48. The first-order valence-electron chi connectivity index (χ1n) is 6.85. The van der Waals surface area contributed by atoms with Gasteiger partial charge in [0.05, 0.1) is 11.7 Å². The van der Waals surface area contributed by atoms with Gasteiger partial charge in [0, 0.05) is 25.8 Å². The summed E-state index contributed by atoms with van der Waals surface area (Å²) in [4.78, 5) is 22.4. The van der Waals surface area contributed by atoms with Crippen LogP contribution in [0.25, 0.3) is 0 Å². The number of carbonyl (C=O) groups is 1. The molecule has 0 aliphatic carbocycles. The molecular formula is C14H22N4O2. The van der Waals surface area contributed by atoms with E-state index < -0.39 is 5.60 Å². The third-order valence-corrected chi connectivity index (χ3v) is 3.12. The molecule has 1 atom stereocenters. The smallest absolute Gasteiger partial charge is 0.410 e. The highest BCUT2D eigenvalue weighted by molar-refractivity contribution is 5.69. The minimum atomic E-state index is -0.493. The topological polar surface area (TPSA) is 67.4 Å². The van der Waals surface area contributed by atoms with Gasteiger partial charge in [0.1, 0.15) is 11.9 Å². The first-order valence-corrected chi connectivity index (χ1v) is 6.85. The molecule has 1 N–H and O–H groups in total. The van der Waals surface area contributed by atoms with E-state index in [4.69, 9.17) is 4.74 Å². The van der Waals surface area contributed by atoms with E-state index in [0.29, 0.717) is 13.1 Å². The van der Waals surface area contributed by atoms with Crippen molar-refractivity contribution in [3.8, 4) is 0 Å². The van der Waals surface area contributed by atoms with Crippen LogP contribution in [0, 0.1) is 6.92 Å². The highest BCUT2D eigenvalue weighted by Gasteiger charge is 2.32. The molecule has 1 unspecified atom stereocenters. The van der Waals surface area contributed by atoms with Crippen LogP contribution in [0.4, 0.5) is 4.79 Å². The van der Waals surface area contributed by atoms with Crippen LogP contribution >= 0.6 is 0 Å². The lowest BCUT2D eigenvalue weighted by atomic mass is 10.1. The maximum Gasteiger partial charge on any atom is 0.410 e. The van der Waals surface area contributed by atoms with Crippen molar-refractivity contribution in [3.05, 3.63) is 23.8 Å². The quantitative estimate of drug-likeness (QED) is 0.846. The van der Waals surface area contributed by atoms with E-state index in [1.807, 2.05) is 27.7 Å². The lowest BCUT2D eigenvalue weighted by Crippen LogP contribution is -2.50. The average Bonchev–Trinajstić information content (AvgIpc) is 2.37. The Balaban J connectivity index is 2.22. The number of nitrogens with zero attached hydrogens (tertiary/aromatic N) is 3. The normalized spacial score (nSPS) is 19.8. The first kappa shape index (κ1) is 14.7. The van der Waals surface area contributed by atoms with Crippen LogP contribution in [0.2, 0.25) is 0 Å². The van der Waals surface area contributed by atoms with E-state index in [2.05, 4.69) is 15.3 Å². The van der Waals surface area contributed by atoms with Crippen LogP contribution in [0.5, 0.6) is 0 Å². The van der Waals surface area contributed by atoms with E-state index in [9.17, 15) is 4.79 Å². The van der Waals surface area contributed by atoms with Crippen molar-refractivity contribution in [1.82, 2.24) is 20.2 Å². The molecule has 1 aliphatic rings. The lowest BCUT2D eigenvalue weighted by molar-refractivity contribution is 0.0112. The number of aromatic nitrogens is 2. The predicted octanol–water partition coefficient (Wildman–Crippen LogP) is 1.67. The Labute approximate surface area is 119 Å². The van der Waals surface area contributed by atoms with Gasteiger partial charge in [-0.25, -0.2) is 14.8 Å². The molecule has 0 bridgehead atoms. The van der Waals surface area contributed by atoms with Crippen LogP contribution in [0.3, 0.4) is 0 Å². The van der Waals surface area contributed by atoms with E-state index in [0.717, 1.165) is 17.8 Å². The van der Waals surface area contributed by atoms with Gasteiger partial charge in [0.15, 0.2) is 0 Å². The Morgan fingerprint density at radius 2 is 2.25 bits per heavy atom. The van der Waals surface area contributed by atoms with Crippen LogP contribution in [0.1, 0.15) is 38.1 Å². The number of amides is 1. The minimum Gasteiger partial charge on any atom is -0.444 e. The standard InChI is InChI=1S/C14H22N4O2/c1-10-7-16-9-17-12(10)11-8-15-5-6-18(11)13(19)20-14(2,3)4/h7,9,11,15H,5-6,8H2,1-4H3. The zero-order valence-electron chi connectivity index (χ0n) is 12.5. The SMILES string of the molecule is Cc1cncnc1C1CNCCN1C(=O)OC(C)(C)C. The van der Waals surface area contributed by atoms with Crippen LogP contribution < -0.4 is 5.32 Å². The molecule has 0 spiro atoms. The molecular weight excluding hydrogens is 256 g/mol. The lowest BCUT2D eigenvalue weighted by Gasteiger charge is -2.37. The van der Waals surface area contributed by atoms with Gasteiger partial charge in [-0.3, -0.25) is 4.90 Å². The fourth-order valence-electron chi connectivity index (χ4n) is 2.25. The highest BCUT2D eigenvalue weighted by Crippen LogP contribution is 2.24. The second-order valence-corrected chi connectivity index (χ2v) is 5.98. The summed E-state index contributed by atoms with van der Waals surface area (Å²) in [5.74, 6) is 0. The number of carbonyl (C=O) groups excluding carboxylic acids is 1. The number of hydrogen-bond donors (Lipinski definition) is 1. The van der Waals surface area contributed by atoms with Crippen molar-refractivity contribution in [2.24, 2.45) is 0 Å². The molecule has 110 valence electrons. The summed E-state index contributed by atoms with van der Waals surface area (Å²) in [6, 6.07) is -0.110. The van der Waals surface area contributed by atoms with Gasteiger partial charge >= 0.3 is 6.09 Å². The fourth-order valence-corrected chi connectivity index (χ4v) is 2.25. The molecule has 1 aromatic heterocycles. The summed E-state index contributed by atoms with van der Waals surface area (Å²) >= 11 is 0. The number of rotatable bonds is 1.